The van der Waals surface area contributed by atoms with Crippen molar-refractivity contribution in [1.29, 1.82) is 0 Å². The van der Waals surface area contributed by atoms with Crippen LogP contribution < -0.4 is 0 Å². The fourth-order valence-corrected chi connectivity index (χ4v) is 3.13. The van der Waals surface area contributed by atoms with Gasteiger partial charge in [0.15, 0.2) is 0 Å². The average Bonchev–Trinajstić information content (AvgIpc) is 2.40. The lowest BCUT2D eigenvalue weighted by Gasteiger charge is -2.40. The molecule has 3 unspecified atom stereocenters. The Bertz CT molecular complexity index is 278. The molecule has 94 valence electrons. The maximum Gasteiger partial charge on any atom is 0.309 e. The zero-order valence-electron chi connectivity index (χ0n) is 11.5. The van der Waals surface area contributed by atoms with Crippen molar-refractivity contribution in [2.75, 3.05) is 0 Å². The van der Waals surface area contributed by atoms with E-state index in [0.29, 0.717) is 11.8 Å². The van der Waals surface area contributed by atoms with Gasteiger partial charge in [-0.15, -0.1) is 0 Å². The van der Waals surface area contributed by atoms with Gasteiger partial charge < -0.3 is 5.11 Å². The monoisotopic (exact) mass is 226 g/mol. The molecule has 1 rings (SSSR count). The van der Waals surface area contributed by atoms with Crippen LogP contribution in [0.15, 0.2) is 0 Å². The predicted molar refractivity (Wildman–Crippen MR) is 66.2 cm³/mol. The van der Waals surface area contributed by atoms with Gasteiger partial charge >= 0.3 is 5.97 Å². The van der Waals surface area contributed by atoms with Crippen LogP contribution in [0.25, 0.3) is 0 Å². The quantitative estimate of drug-likeness (QED) is 0.794. The van der Waals surface area contributed by atoms with E-state index in [1.165, 1.54) is 12.8 Å². The first-order valence-corrected chi connectivity index (χ1v) is 6.35. The van der Waals surface area contributed by atoms with Gasteiger partial charge in [0.2, 0.25) is 0 Å². The normalized spacial score (nSPS) is 31.4. The van der Waals surface area contributed by atoms with Crippen molar-refractivity contribution in [3.05, 3.63) is 0 Å². The molecule has 3 atom stereocenters. The van der Waals surface area contributed by atoms with Crippen LogP contribution in [-0.4, -0.2) is 11.1 Å². The predicted octanol–water partition coefficient (Wildman–Crippen LogP) is 3.81. The summed E-state index contributed by atoms with van der Waals surface area (Å²) in [5, 5.41) is 9.31. The van der Waals surface area contributed by atoms with Gasteiger partial charge in [0, 0.05) is 0 Å². The van der Waals surface area contributed by atoms with Crippen molar-refractivity contribution in [2.24, 2.45) is 28.6 Å². The number of hydrogen-bond donors (Lipinski definition) is 1. The van der Waals surface area contributed by atoms with Gasteiger partial charge in [-0.1, -0.05) is 27.7 Å². The van der Waals surface area contributed by atoms with Crippen LogP contribution in [0.3, 0.4) is 0 Å². The number of hydrogen-bond acceptors (Lipinski definition) is 1. The van der Waals surface area contributed by atoms with Crippen molar-refractivity contribution < 1.29 is 9.90 Å². The van der Waals surface area contributed by atoms with Crippen LogP contribution in [0.5, 0.6) is 0 Å². The molecule has 0 aromatic carbocycles. The molecule has 16 heavy (non-hydrogen) atoms. The Kier molecular flexibility index (Phi) is 3.42. The second-order valence-corrected chi connectivity index (χ2v) is 6.72. The summed E-state index contributed by atoms with van der Waals surface area (Å²) in [5.74, 6) is 0.776. The molecule has 1 N–H and O–H groups in total. The molecule has 1 aliphatic rings. The molecule has 0 radical (unpaired) electrons. The summed E-state index contributed by atoms with van der Waals surface area (Å²) in [6, 6.07) is 0. The summed E-state index contributed by atoms with van der Waals surface area (Å²) in [6.07, 6.45) is 2.41. The first-order chi connectivity index (χ1) is 7.11. The highest BCUT2D eigenvalue weighted by molar-refractivity contribution is 5.74. The highest BCUT2D eigenvalue weighted by Crippen LogP contribution is 2.53. The molecule has 0 bridgehead atoms. The van der Waals surface area contributed by atoms with E-state index < -0.39 is 11.4 Å². The van der Waals surface area contributed by atoms with Crippen LogP contribution in [0, 0.1) is 28.6 Å². The number of rotatable bonds is 3. The van der Waals surface area contributed by atoms with Crippen LogP contribution in [0.4, 0.5) is 0 Å². The fourth-order valence-electron chi connectivity index (χ4n) is 3.13. The molecule has 0 heterocycles. The highest BCUT2D eigenvalue weighted by Gasteiger charge is 2.48. The smallest absolute Gasteiger partial charge is 0.309 e. The standard InChI is InChI=1S/C14H26O2/c1-9-7-8-11(13(9,3)4)10(2)14(5,6)12(15)16/h9-11H,7-8H2,1-6H3,(H,15,16). The van der Waals surface area contributed by atoms with Crippen molar-refractivity contribution in [2.45, 2.75) is 54.4 Å². The molecule has 1 aliphatic carbocycles. The fraction of sp³-hybridized carbons (Fsp3) is 0.929. The van der Waals surface area contributed by atoms with Gasteiger partial charge in [-0.3, -0.25) is 4.79 Å². The van der Waals surface area contributed by atoms with Gasteiger partial charge in [-0.25, -0.2) is 0 Å². The van der Waals surface area contributed by atoms with E-state index in [2.05, 4.69) is 27.7 Å². The number of carboxylic acid groups (broad SMARTS) is 1. The molecule has 0 spiro atoms. The van der Waals surface area contributed by atoms with E-state index in [0.717, 1.165) is 0 Å². The van der Waals surface area contributed by atoms with Crippen molar-refractivity contribution in [3.63, 3.8) is 0 Å². The topological polar surface area (TPSA) is 37.3 Å². The summed E-state index contributed by atoms with van der Waals surface area (Å²) >= 11 is 0. The summed E-state index contributed by atoms with van der Waals surface area (Å²) in [5.41, 5.74) is -0.349. The van der Waals surface area contributed by atoms with Gasteiger partial charge in [-0.2, -0.15) is 0 Å². The van der Waals surface area contributed by atoms with Gasteiger partial charge in [0.05, 0.1) is 5.41 Å². The molecule has 2 heteroatoms. The Labute approximate surface area is 99.4 Å². The molecule has 1 saturated carbocycles. The molecular formula is C14H26O2. The number of carbonyl (C=O) groups is 1. The molecule has 0 aromatic rings. The maximum absolute atomic E-state index is 11.3. The minimum Gasteiger partial charge on any atom is -0.481 e. The Morgan fingerprint density at radius 1 is 1.38 bits per heavy atom. The van der Waals surface area contributed by atoms with E-state index in [4.69, 9.17) is 0 Å². The van der Waals surface area contributed by atoms with Crippen molar-refractivity contribution in [3.8, 4) is 0 Å². The lowest BCUT2D eigenvalue weighted by Crippen LogP contribution is -2.40. The van der Waals surface area contributed by atoms with Crippen LogP contribution >= 0.6 is 0 Å². The number of aliphatic carboxylic acids is 1. The van der Waals surface area contributed by atoms with Gasteiger partial charge in [-0.05, 0) is 49.9 Å². The van der Waals surface area contributed by atoms with E-state index in [-0.39, 0.29) is 11.3 Å². The second kappa shape index (κ2) is 4.05. The zero-order valence-corrected chi connectivity index (χ0v) is 11.5. The summed E-state index contributed by atoms with van der Waals surface area (Å²) in [6.45, 7) is 12.7. The van der Waals surface area contributed by atoms with E-state index >= 15 is 0 Å². The maximum atomic E-state index is 11.3. The third kappa shape index (κ3) is 1.99. The highest BCUT2D eigenvalue weighted by atomic mass is 16.4. The lowest BCUT2D eigenvalue weighted by atomic mass is 9.63. The molecule has 0 aromatic heterocycles. The zero-order chi connectivity index (χ0) is 12.7. The summed E-state index contributed by atoms with van der Waals surface area (Å²) in [4.78, 5) is 11.3. The third-order valence-corrected chi connectivity index (χ3v) is 5.43. The minimum atomic E-state index is -0.671. The van der Waals surface area contributed by atoms with E-state index in [1.807, 2.05) is 13.8 Å². The van der Waals surface area contributed by atoms with Crippen molar-refractivity contribution >= 4 is 5.97 Å². The van der Waals surface area contributed by atoms with Crippen LogP contribution in [0.1, 0.15) is 54.4 Å². The lowest BCUT2D eigenvalue weighted by molar-refractivity contribution is -0.152. The first-order valence-electron chi connectivity index (χ1n) is 6.35. The van der Waals surface area contributed by atoms with Crippen LogP contribution in [-0.2, 0) is 4.79 Å². The molecule has 2 nitrogen and oxygen atoms in total. The summed E-state index contributed by atoms with van der Waals surface area (Å²) < 4.78 is 0. The third-order valence-electron chi connectivity index (χ3n) is 5.43. The molecular weight excluding hydrogens is 200 g/mol. The second-order valence-electron chi connectivity index (χ2n) is 6.72. The van der Waals surface area contributed by atoms with Gasteiger partial charge in [0.1, 0.15) is 0 Å². The molecule has 0 amide bonds. The SMILES string of the molecule is CC(C1CCC(C)C1(C)C)C(C)(C)C(=O)O. The van der Waals surface area contributed by atoms with Crippen molar-refractivity contribution in [1.82, 2.24) is 0 Å². The first kappa shape index (κ1) is 13.5. The van der Waals surface area contributed by atoms with E-state index in [9.17, 15) is 9.90 Å². The Morgan fingerprint density at radius 2 is 1.88 bits per heavy atom. The Hall–Kier alpha value is -0.530. The Balaban J connectivity index is 2.91. The molecule has 0 aliphatic heterocycles. The molecule has 1 fully saturated rings. The summed E-state index contributed by atoms with van der Waals surface area (Å²) in [7, 11) is 0. The average molecular weight is 226 g/mol. The largest absolute Gasteiger partial charge is 0.481 e. The van der Waals surface area contributed by atoms with Crippen LogP contribution in [0.2, 0.25) is 0 Å². The van der Waals surface area contributed by atoms with Gasteiger partial charge in [0.25, 0.3) is 0 Å². The Morgan fingerprint density at radius 3 is 2.19 bits per heavy atom. The van der Waals surface area contributed by atoms with E-state index in [1.54, 1.807) is 0 Å². The minimum absolute atomic E-state index is 0.227. The molecule has 0 saturated heterocycles. The number of carboxylic acids is 1.